The lowest BCUT2D eigenvalue weighted by Gasteiger charge is -2.32. The number of aryl methyl sites for hydroxylation is 2. The first-order valence-electron chi connectivity index (χ1n) is 9.57. The first-order chi connectivity index (χ1) is 13.2. The zero-order valence-corrected chi connectivity index (χ0v) is 16.8. The van der Waals surface area contributed by atoms with Crippen molar-refractivity contribution < 1.29 is 9.15 Å². The monoisotopic (exact) mass is 382 g/mol. The minimum absolute atomic E-state index is 0.283. The summed E-state index contributed by atoms with van der Waals surface area (Å²) >= 11 is 1.69. The minimum Gasteiger partial charge on any atom is -0.440 e. The molecule has 0 amide bonds. The highest BCUT2D eigenvalue weighted by Crippen LogP contribution is 2.30. The van der Waals surface area contributed by atoms with Crippen molar-refractivity contribution in [1.29, 1.82) is 0 Å². The van der Waals surface area contributed by atoms with Gasteiger partial charge in [-0.3, -0.25) is 4.90 Å². The number of oxazole rings is 1. The number of likely N-dealkylation sites (tertiary alicyclic amines) is 1. The van der Waals surface area contributed by atoms with Crippen molar-refractivity contribution in [2.45, 2.75) is 45.9 Å². The summed E-state index contributed by atoms with van der Waals surface area (Å²) < 4.78 is 12.1. The molecule has 0 saturated carbocycles. The highest BCUT2D eigenvalue weighted by Gasteiger charge is 2.23. The van der Waals surface area contributed by atoms with Crippen LogP contribution in [0.25, 0.3) is 10.8 Å². The predicted molar refractivity (Wildman–Crippen MR) is 109 cm³/mol. The summed E-state index contributed by atoms with van der Waals surface area (Å²) in [6.07, 6.45) is 2.57. The number of benzene rings is 1. The number of hydrogen-bond acceptors (Lipinski definition) is 5. The van der Waals surface area contributed by atoms with E-state index < -0.39 is 0 Å². The van der Waals surface area contributed by atoms with Crippen LogP contribution in [0.15, 0.2) is 46.2 Å². The van der Waals surface area contributed by atoms with Crippen molar-refractivity contribution in [1.82, 2.24) is 9.88 Å². The van der Waals surface area contributed by atoms with Crippen molar-refractivity contribution in [2.24, 2.45) is 0 Å². The molecule has 1 aromatic carbocycles. The van der Waals surface area contributed by atoms with Gasteiger partial charge in [-0.2, -0.15) is 0 Å². The van der Waals surface area contributed by atoms with Gasteiger partial charge in [0.05, 0.1) is 23.3 Å². The number of nitrogens with zero attached hydrogens (tertiary/aromatic N) is 2. The van der Waals surface area contributed by atoms with Gasteiger partial charge in [0, 0.05) is 13.1 Å². The zero-order valence-electron chi connectivity index (χ0n) is 16.0. The van der Waals surface area contributed by atoms with Gasteiger partial charge in [0.15, 0.2) is 0 Å². The number of aromatic nitrogens is 1. The molecule has 4 rings (SSSR count). The second-order valence-electron chi connectivity index (χ2n) is 7.25. The van der Waals surface area contributed by atoms with Crippen molar-refractivity contribution in [2.75, 3.05) is 13.1 Å². The van der Waals surface area contributed by atoms with Crippen LogP contribution in [0.2, 0.25) is 0 Å². The molecule has 1 aliphatic heterocycles. The third-order valence-electron chi connectivity index (χ3n) is 5.11. The Bertz CT molecular complexity index is 872. The van der Waals surface area contributed by atoms with Gasteiger partial charge in [-0.15, -0.1) is 11.3 Å². The predicted octanol–water partition coefficient (Wildman–Crippen LogP) is 5.20. The Morgan fingerprint density at radius 2 is 2.07 bits per heavy atom. The zero-order chi connectivity index (χ0) is 18.6. The molecule has 0 aliphatic carbocycles. The van der Waals surface area contributed by atoms with Crippen LogP contribution in [0.3, 0.4) is 0 Å². The minimum atomic E-state index is 0.283. The largest absolute Gasteiger partial charge is 0.440 e. The number of piperidine rings is 1. The van der Waals surface area contributed by atoms with Gasteiger partial charge in [0.2, 0.25) is 5.89 Å². The molecule has 142 valence electrons. The van der Waals surface area contributed by atoms with Crippen LogP contribution in [0, 0.1) is 13.8 Å². The van der Waals surface area contributed by atoms with E-state index in [2.05, 4.69) is 47.5 Å². The first-order valence-corrected chi connectivity index (χ1v) is 10.5. The average Bonchev–Trinajstić information content (AvgIpc) is 3.27. The highest BCUT2D eigenvalue weighted by atomic mass is 32.1. The quantitative estimate of drug-likeness (QED) is 0.587. The fraction of sp³-hybridized carbons (Fsp3) is 0.409. The Kier molecular flexibility index (Phi) is 5.72. The maximum Gasteiger partial charge on any atom is 0.237 e. The molecule has 0 bridgehead atoms. The van der Waals surface area contributed by atoms with Gasteiger partial charge >= 0.3 is 0 Å². The Morgan fingerprint density at radius 1 is 1.22 bits per heavy atom. The molecule has 1 saturated heterocycles. The Morgan fingerprint density at radius 3 is 2.85 bits per heavy atom. The summed E-state index contributed by atoms with van der Waals surface area (Å²) in [6, 6.07) is 12.5. The second kappa shape index (κ2) is 8.38. The SMILES string of the molecule is Cc1ccsc1-c1nc(CN2CCCC(OCc3ccccc3)C2)c(C)o1. The van der Waals surface area contributed by atoms with E-state index in [0.717, 1.165) is 54.7 Å². The van der Waals surface area contributed by atoms with Gasteiger partial charge < -0.3 is 9.15 Å². The van der Waals surface area contributed by atoms with Crippen LogP contribution in [0.4, 0.5) is 0 Å². The van der Waals surface area contributed by atoms with E-state index in [9.17, 15) is 0 Å². The van der Waals surface area contributed by atoms with Crippen LogP contribution >= 0.6 is 11.3 Å². The summed E-state index contributed by atoms with van der Waals surface area (Å²) in [5.74, 6) is 1.68. The van der Waals surface area contributed by atoms with Crippen LogP contribution in [-0.2, 0) is 17.9 Å². The van der Waals surface area contributed by atoms with E-state index in [0.29, 0.717) is 6.61 Å². The van der Waals surface area contributed by atoms with E-state index >= 15 is 0 Å². The summed E-state index contributed by atoms with van der Waals surface area (Å²) in [6.45, 7) is 7.67. The van der Waals surface area contributed by atoms with Gasteiger partial charge in [-0.1, -0.05) is 30.3 Å². The van der Waals surface area contributed by atoms with Crippen molar-refractivity contribution in [3.63, 3.8) is 0 Å². The lowest BCUT2D eigenvalue weighted by Crippen LogP contribution is -2.39. The molecule has 1 aliphatic rings. The van der Waals surface area contributed by atoms with E-state index in [1.54, 1.807) is 11.3 Å². The number of ether oxygens (including phenoxy) is 1. The van der Waals surface area contributed by atoms with E-state index in [1.165, 1.54) is 11.1 Å². The van der Waals surface area contributed by atoms with E-state index in [1.807, 2.05) is 13.0 Å². The fourth-order valence-corrected chi connectivity index (χ4v) is 4.41. The molecular formula is C22H26N2O2S. The summed E-state index contributed by atoms with van der Waals surface area (Å²) in [5, 5.41) is 2.09. The maximum absolute atomic E-state index is 6.16. The Balaban J connectivity index is 1.37. The first kappa shape index (κ1) is 18.4. The molecule has 3 aromatic rings. The molecule has 1 fully saturated rings. The smallest absolute Gasteiger partial charge is 0.237 e. The van der Waals surface area contributed by atoms with Gasteiger partial charge in [-0.05, 0) is 55.8 Å². The topological polar surface area (TPSA) is 38.5 Å². The molecule has 3 heterocycles. The lowest BCUT2D eigenvalue weighted by molar-refractivity contribution is -0.0123. The highest BCUT2D eigenvalue weighted by molar-refractivity contribution is 7.13. The second-order valence-corrected chi connectivity index (χ2v) is 8.17. The van der Waals surface area contributed by atoms with Crippen molar-refractivity contribution in [3.05, 3.63) is 64.4 Å². The summed E-state index contributed by atoms with van der Waals surface area (Å²) in [7, 11) is 0. The maximum atomic E-state index is 6.16. The number of thiophene rings is 1. The normalized spacial score (nSPS) is 18.1. The molecule has 0 N–H and O–H groups in total. The van der Waals surface area contributed by atoms with Gasteiger partial charge in [-0.25, -0.2) is 4.98 Å². The molecule has 0 spiro atoms. The molecule has 0 radical (unpaired) electrons. The summed E-state index contributed by atoms with van der Waals surface area (Å²) in [5.41, 5.74) is 3.50. The van der Waals surface area contributed by atoms with Gasteiger partial charge in [0.25, 0.3) is 0 Å². The van der Waals surface area contributed by atoms with E-state index in [4.69, 9.17) is 14.1 Å². The Labute approximate surface area is 164 Å². The van der Waals surface area contributed by atoms with Crippen LogP contribution in [-0.4, -0.2) is 29.1 Å². The van der Waals surface area contributed by atoms with Crippen LogP contribution in [0.1, 0.15) is 35.4 Å². The molecule has 27 heavy (non-hydrogen) atoms. The fourth-order valence-electron chi connectivity index (χ4n) is 3.56. The molecule has 5 heteroatoms. The lowest BCUT2D eigenvalue weighted by atomic mass is 10.1. The molecule has 1 unspecified atom stereocenters. The third kappa shape index (κ3) is 4.49. The molecular weight excluding hydrogens is 356 g/mol. The molecule has 1 atom stereocenters. The number of hydrogen-bond donors (Lipinski definition) is 0. The van der Waals surface area contributed by atoms with Crippen molar-refractivity contribution in [3.8, 4) is 10.8 Å². The average molecular weight is 383 g/mol. The van der Waals surface area contributed by atoms with E-state index in [-0.39, 0.29) is 6.10 Å². The molecule has 2 aromatic heterocycles. The third-order valence-corrected chi connectivity index (χ3v) is 6.12. The standard InChI is InChI=1S/C22H26N2O2S/c1-16-10-12-27-21(16)22-23-20(17(2)26-22)14-24-11-6-9-19(13-24)25-15-18-7-4-3-5-8-18/h3-5,7-8,10,12,19H,6,9,11,13-15H2,1-2H3. The van der Waals surface area contributed by atoms with Crippen LogP contribution < -0.4 is 0 Å². The van der Waals surface area contributed by atoms with Crippen LogP contribution in [0.5, 0.6) is 0 Å². The van der Waals surface area contributed by atoms with Gasteiger partial charge in [0.1, 0.15) is 5.76 Å². The number of rotatable bonds is 6. The summed E-state index contributed by atoms with van der Waals surface area (Å²) in [4.78, 5) is 8.36. The Hall–Kier alpha value is -1.95. The van der Waals surface area contributed by atoms with Crippen molar-refractivity contribution >= 4 is 11.3 Å². The molecule has 4 nitrogen and oxygen atoms in total.